The van der Waals surface area contributed by atoms with E-state index in [-0.39, 0.29) is 0 Å². The fourth-order valence-corrected chi connectivity index (χ4v) is 2.94. The molecule has 1 nitrogen and oxygen atoms in total. The quantitative estimate of drug-likeness (QED) is 0.533. The summed E-state index contributed by atoms with van der Waals surface area (Å²) in [7, 11) is 0. The molecule has 0 aliphatic rings. The number of rotatable bonds is 3. The minimum atomic E-state index is 1.18. The van der Waals surface area contributed by atoms with E-state index in [4.69, 9.17) is 0 Å². The van der Waals surface area contributed by atoms with Gasteiger partial charge in [0.25, 0.3) is 0 Å². The molecule has 0 fully saturated rings. The number of nitrogens with zero attached hydrogens (tertiary/aromatic N) is 1. The highest BCUT2D eigenvalue weighted by molar-refractivity contribution is 5.93. The Kier molecular flexibility index (Phi) is 3.72. The third kappa shape index (κ3) is 2.39. The number of fused-ring (bicyclic) bond motifs is 1. The molecule has 0 N–H and O–H groups in total. The fourth-order valence-electron chi connectivity index (χ4n) is 2.94. The van der Waals surface area contributed by atoms with Crippen molar-refractivity contribution < 1.29 is 0 Å². The van der Waals surface area contributed by atoms with Gasteiger partial charge in [0.1, 0.15) is 0 Å². The summed E-state index contributed by atoms with van der Waals surface area (Å²) in [5, 5.41) is 1.29. The highest BCUT2D eigenvalue weighted by Gasteiger charge is 2.13. The normalized spacial score (nSPS) is 11.9. The predicted molar refractivity (Wildman–Crippen MR) is 96.6 cm³/mol. The van der Waals surface area contributed by atoms with Crippen LogP contribution >= 0.6 is 0 Å². The van der Waals surface area contributed by atoms with Gasteiger partial charge in [-0.1, -0.05) is 48.1 Å². The first-order chi connectivity index (χ1) is 10.6. The molecule has 0 bridgehead atoms. The smallest absolute Gasteiger partial charge is 0.0537 e. The summed E-state index contributed by atoms with van der Waals surface area (Å²) in [6.45, 7) is 10.3. The molecule has 0 aliphatic heterocycles. The summed E-state index contributed by atoms with van der Waals surface area (Å²) >= 11 is 0. The van der Waals surface area contributed by atoms with Crippen LogP contribution in [-0.2, 0) is 0 Å². The van der Waals surface area contributed by atoms with E-state index in [1.165, 1.54) is 39.0 Å². The highest BCUT2D eigenvalue weighted by atomic mass is 15.0. The first-order valence-corrected chi connectivity index (χ1v) is 7.59. The Morgan fingerprint density at radius 3 is 2.45 bits per heavy atom. The van der Waals surface area contributed by atoms with E-state index < -0.39 is 0 Å². The molecule has 1 heteroatoms. The van der Waals surface area contributed by atoms with Crippen LogP contribution in [0.1, 0.15) is 23.7 Å². The summed E-state index contributed by atoms with van der Waals surface area (Å²) in [5.74, 6) is 0. The number of aromatic nitrogens is 1. The Hall–Kier alpha value is -2.54. The van der Waals surface area contributed by atoms with Gasteiger partial charge >= 0.3 is 0 Å². The molecule has 1 heterocycles. The number of hydrogen-bond acceptors (Lipinski definition) is 0. The molecule has 0 amide bonds. The summed E-state index contributed by atoms with van der Waals surface area (Å²) in [4.78, 5) is 0. The lowest BCUT2D eigenvalue weighted by Gasteiger charge is -2.08. The highest BCUT2D eigenvalue weighted by Crippen LogP contribution is 2.31. The first kappa shape index (κ1) is 14.4. The summed E-state index contributed by atoms with van der Waals surface area (Å²) in [6, 6.07) is 17.2. The van der Waals surface area contributed by atoms with Crippen LogP contribution in [0.4, 0.5) is 0 Å². The van der Waals surface area contributed by atoms with Crippen molar-refractivity contribution in [2.24, 2.45) is 0 Å². The molecule has 0 saturated carbocycles. The lowest BCUT2D eigenvalue weighted by molar-refractivity contribution is 1.05. The van der Waals surface area contributed by atoms with Crippen LogP contribution in [0.15, 0.2) is 66.8 Å². The second-order valence-electron chi connectivity index (χ2n) is 5.78. The van der Waals surface area contributed by atoms with Crippen molar-refractivity contribution in [2.75, 3.05) is 0 Å². The maximum atomic E-state index is 3.87. The van der Waals surface area contributed by atoms with E-state index in [2.05, 4.69) is 86.5 Å². The number of benzene rings is 2. The SMILES string of the molecule is C=C/C(C)=C\c1c(C)n(-c2ccccc2)c2ccc(C)cc12. The zero-order chi connectivity index (χ0) is 15.7. The van der Waals surface area contributed by atoms with Crippen molar-refractivity contribution in [2.45, 2.75) is 20.8 Å². The van der Waals surface area contributed by atoms with Gasteiger partial charge < -0.3 is 4.57 Å². The molecule has 0 saturated heterocycles. The third-order valence-electron chi connectivity index (χ3n) is 4.12. The van der Waals surface area contributed by atoms with Gasteiger partial charge in [-0.2, -0.15) is 0 Å². The zero-order valence-electron chi connectivity index (χ0n) is 13.4. The Morgan fingerprint density at radius 2 is 1.77 bits per heavy atom. The van der Waals surface area contributed by atoms with Crippen molar-refractivity contribution in [3.05, 3.63) is 83.6 Å². The van der Waals surface area contributed by atoms with Crippen molar-refractivity contribution >= 4 is 17.0 Å². The minimum Gasteiger partial charge on any atom is -0.313 e. The number of aryl methyl sites for hydroxylation is 1. The Balaban J connectivity index is 2.39. The molecule has 3 rings (SSSR count). The van der Waals surface area contributed by atoms with Crippen LogP contribution in [0.25, 0.3) is 22.7 Å². The van der Waals surface area contributed by atoms with E-state index in [9.17, 15) is 0 Å². The van der Waals surface area contributed by atoms with Crippen molar-refractivity contribution in [1.82, 2.24) is 4.57 Å². The van der Waals surface area contributed by atoms with Gasteiger partial charge in [0.15, 0.2) is 0 Å². The van der Waals surface area contributed by atoms with E-state index in [1.54, 1.807) is 0 Å². The molecule has 0 radical (unpaired) electrons. The van der Waals surface area contributed by atoms with Crippen LogP contribution in [0.3, 0.4) is 0 Å². The van der Waals surface area contributed by atoms with Gasteiger partial charge in [-0.15, -0.1) is 0 Å². The molecule has 0 atom stereocenters. The first-order valence-electron chi connectivity index (χ1n) is 7.59. The standard InChI is InChI=1S/C21H21N/c1-5-15(2)13-19-17(4)22(18-9-7-6-8-10-18)21-12-11-16(3)14-20(19)21/h5-14H,1H2,2-4H3/b15-13-. The van der Waals surface area contributed by atoms with E-state index in [1.807, 2.05) is 6.08 Å². The molecule has 0 unspecified atom stereocenters. The van der Waals surface area contributed by atoms with Gasteiger partial charge in [-0.25, -0.2) is 0 Å². The van der Waals surface area contributed by atoms with Gasteiger partial charge in [0, 0.05) is 22.3 Å². The van der Waals surface area contributed by atoms with Gasteiger partial charge in [0.2, 0.25) is 0 Å². The van der Waals surface area contributed by atoms with Crippen LogP contribution in [0.2, 0.25) is 0 Å². The van der Waals surface area contributed by atoms with Crippen LogP contribution in [0, 0.1) is 13.8 Å². The Bertz CT molecular complexity index is 864. The van der Waals surface area contributed by atoms with E-state index in [0.717, 1.165) is 0 Å². The second-order valence-corrected chi connectivity index (χ2v) is 5.78. The lowest BCUT2D eigenvalue weighted by Crippen LogP contribution is -1.96. The van der Waals surface area contributed by atoms with Crippen molar-refractivity contribution in [3.8, 4) is 5.69 Å². The Morgan fingerprint density at radius 1 is 1.05 bits per heavy atom. The Labute approximate surface area is 132 Å². The van der Waals surface area contributed by atoms with Crippen molar-refractivity contribution in [1.29, 1.82) is 0 Å². The summed E-state index contributed by atoms with van der Waals surface area (Å²) < 4.78 is 2.33. The number of allylic oxidation sites excluding steroid dienone is 2. The third-order valence-corrected chi connectivity index (χ3v) is 4.12. The second kappa shape index (κ2) is 5.69. The fraction of sp³-hybridized carbons (Fsp3) is 0.143. The topological polar surface area (TPSA) is 4.93 Å². The molecule has 0 aliphatic carbocycles. The molecule has 0 spiro atoms. The van der Waals surface area contributed by atoms with Crippen LogP contribution in [0.5, 0.6) is 0 Å². The molecule has 2 aromatic carbocycles. The molecular weight excluding hydrogens is 266 g/mol. The number of hydrogen-bond donors (Lipinski definition) is 0. The van der Waals surface area contributed by atoms with E-state index in [0.29, 0.717) is 0 Å². The monoisotopic (exact) mass is 287 g/mol. The molecule has 1 aromatic heterocycles. The average molecular weight is 287 g/mol. The van der Waals surface area contributed by atoms with E-state index >= 15 is 0 Å². The van der Waals surface area contributed by atoms with Crippen LogP contribution < -0.4 is 0 Å². The molecule has 22 heavy (non-hydrogen) atoms. The molecular formula is C21H21N. The van der Waals surface area contributed by atoms with Gasteiger partial charge in [0.05, 0.1) is 5.52 Å². The maximum Gasteiger partial charge on any atom is 0.0537 e. The van der Waals surface area contributed by atoms with Gasteiger partial charge in [-0.05, 0) is 51.1 Å². The predicted octanol–water partition coefficient (Wildman–Crippen LogP) is 5.84. The van der Waals surface area contributed by atoms with Gasteiger partial charge in [-0.3, -0.25) is 0 Å². The molecule has 110 valence electrons. The summed E-state index contributed by atoms with van der Waals surface area (Å²) in [6.07, 6.45) is 4.13. The zero-order valence-corrected chi connectivity index (χ0v) is 13.4. The molecule has 3 aromatic rings. The number of para-hydroxylation sites is 1. The minimum absolute atomic E-state index is 1.18. The summed E-state index contributed by atoms with van der Waals surface area (Å²) in [5.41, 5.74) is 7.44. The van der Waals surface area contributed by atoms with Crippen molar-refractivity contribution in [3.63, 3.8) is 0 Å². The van der Waals surface area contributed by atoms with Crippen LogP contribution in [-0.4, -0.2) is 4.57 Å². The average Bonchev–Trinajstić information content (AvgIpc) is 2.80. The lowest BCUT2D eigenvalue weighted by atomic mass is 10.1. The maximum absolute atomic E-state index is 3.87. The largest absolute Gasteiger partial charge is 0.313 e.